The van der Waals surface area contributed by atoms with Gasteiger partial charge < -0.3 is 10.6 Å². The second-order valence-electron chi connectivity index (χ2n) is 26.7. The smallest absolute Gasteiger partial charge is 0.0713 e. The van der Waals surface area contributed by atoms with E-state index in [1.54, 1.807) is 0 Å². The Balaban J connectivity index is 0.869. The van der Waals surface area contributed by atoms with Crippen LogP contribution in [0.2, 0.25) is 0 Å². The molecule has 442 valence electrons. The summed E-state index contributed by atoms with van der Waals surface area (Å²) in [7, 11) is 0. The molecule has 0 radical (unpaired) electrons. The van der Waals surface area contributed by atoms with E-state index < -0.39 is 10.8 Å². The minimum atomic E-state index is -0.486. The Bertz CT molecular complexity index is 4980. The predicted molar refractivity (Wildman–Crippen MR) is 387 cm³/mol. The summed E-state index contributed by atoms with van der Waals surface area (Å²) in [6, 6.07) is 111. The Morgan fingerprint density at radius 3 is 1.17 bits per heavy atom. The molecule has 0 spiro atoms. The molecule has 0 aliphatic heterocycles. The molecule has 2 saturated carbocycles. The number of hydrogen-bond donors (Lipinski definition) is 2. The fourth-order valence-electron chi connectivity index (χ4n) is 18.1. The van der Waals surface area contributed by atoms with E-state index in [0.29, 0.717) is 11.8 Å². The van der Waals surface area contributed by atoms with Gasteiger partial charge in [-0.1, -0.05) is 293 Å². The highest BCUT2D eigenvalue weighted by Gasteiger charge is 2.47. The van der Waals surface area contributed by atoms with E-state index in [-0.39, 0.29) is 0 Å². The number of nitrogens with one attached hydrogen (secondary N) is 2. The van der Waals surface area contributed by atoms with Crippen LogP contribution in [0, 0.1) is 0 Å². The van der Waals surface area contributed by atoms with Crippen molar-refractivity contribution in [3.05, 3.63) is 347 Å². The summed E-state index contributed by atoms with van der Waals surface area (Å²) in [4.78, 5) is 0. The summed E-state index contributed by atoms with van der Waals surface area (Å²) in [5.41, 5.74) is 27.3. The van der Waals surface area contributed by atoms with Gasteiger partial charge >= 0.3 is 0 Å². The van der Waals surface area contributed by atoms with Crippen LogP contribution in [0.5, 0.6) is 0 Å². The molecule has 2 nitrogen and oxygen atoms in total. The van der Waals surface area contributed by atoms with Crippen molar-refractivity contribution < 1.29 is 0 Å². The normalized spacial score (nSPS) is 15.7. The maximum atomic E-state index is 4.35. The van der Waals surface area contributed by atoms with Gasteiger partial charge in [0.1, 0.15) is 0 Å². The van der Waals surface area contributed by atoms with Crippen molar-refractivity contribution in [1.29, 1.82) is 0 Å². The van der Waals surface area contributed by atoms with Crippen molar-refractivity contribution in [1.82, 2.24) is 0 Å². The van der Waals surface area contributed by atoms with Gasteiger partial charge in [-0.2, -0.15) is 0 Å². The third kappa shape index (κ3) is 8.39. The second-order valence-corrected chi connectivity index (χ2v) is 26.7. The highest BCUT2D eigenvalue weighted by atomic mass is 14.9. The first-order chi connectivity index (χ1) is 45.7. The first-order valence-electron chi connectivity index (χ1n) is 33.9. The van der Waals surface area contributed by atoms with Crippen LogP contribution in [0.25, 0.3) is 76.8 Å². The maximum absolute atomic E-state index is 4.35. The minimum Gasteiger partial charge on any atom is -0.355 e. The molecule has 4 aliphatic rings. The van der Waals surface area contributed by atoms with Gasteiger partial charge in [-0.25, -0.2) is 0 Å². The van der Waals surface area contributed by atoms with Crippen LogP contribution >= 0.6 is 0 Å². The SMILES string of the molecule is c1ccc(-c2c(Nc3ccc(C4(c5ccccc5)c5ccccc5-c5ccccc54)cc3)c3ccc4c(C5CCCCC5)cc(Nc5ccc(C6(c7ccccc7)c7ccccc7-c7ccccc76)cc5)c5cc(-c6ccccc6)c(c2C2CCCCC2)c3c54)cc1. The Kier molecular flexibility index (Phi) is 13.2. The van der Waals surface area contributed by atoms with E-state index in [0.717, 1.165) is 24.2 Å². The molecule has 0 amide bonds. The number of benzene rings is 14. The maximum Gasteiger partial charge on any atom is 0.0713 e. The van der Waals surface area contributed by atoms with Crippen LogP contribution in [-0.2, 0) is 10.8 Å². The van der Waals surface area contributed by atoms with Gasteiger partial charge in [0, 0.05) is 38.8 Å². The summed E-state index contributed by atoms with van der Waals surface area (Å²) in [5.74, 6) is 0.832. The monoisotopic (exact) mass is 1180 g/mol. The van der Waals surface area contributed by atoms with Gasteiger partial charge in [-0.3, -0.25) is 0 Å². The van der Waals surface area contributed by atoms with Crippen LogP contribution in [-0.4, -0.2) is 0 Å². The van der Waals surface area contributed by atoms with E-state index in [4.69, 9.17) is 0 Å². The van der Waals surface area contributed by atoms with Crippen molar-refractivity contribution in [3.63, 3.8) is 0 Å². The van der Waals surface area contributed by atoms with Crippen LogP contribution in [0.3, 0.4) is 0 Å². The van der Waals surface area contributed by atoms with Gasteiger partial charge in [0.05, 0.1) is 16.5 Å². The molecule has 0 unspecified atom stereocenters. The van der Waals surface area contributed by atoms with Gasteiger partial charge in [-0.05, 0) is 185 Å². The zero-order valence-electron chi connectivity index (χ0n) is 51.9. The van der Waals surface area contributed by atoms with E-state index in [9.17, 15) is 0 Å². The Labute approximate surface area is 540 Å². The molecule has 0 bridgehead atoms. The van der Waals surface area contributed by atoms with E-state index in [1.807, 2.05) is 0 Å². The van der Waals surface area contributed by atoms with Crippen LogP contribution < -0.4 is 10.6 Å². The van der Waals surface area contributed by atoms with Gasteiger partial charge in [-0.15, -0.1) is 0 Å². The molecule has 0 saturated heterocycles. The number of rotatable bonds is 12. The largest absolute Gasteiger partial charge is 0.355 e. The summed E-state index contributed by atoms with van der Waals surface area (Å²) in [5, 5.41) is 16.7. The molecule has 18 rings (SSSR count). The van der Waals surface area contributed by atoms with Gasteiger partial charge in [0.2, 0.25) is 0 Å². The molecule has 0 aromatic heterocycles. The molecular formula is C90H72N2. The van der Waals surface area contributed by atoms with E-state index >= 15 is 0 Å². The quantitative estimate of drug-likeness (QED) is 0.119. The average molecular weight is 1180 g/mol. The Hall–Kier alpha value is -10.3. The van der Waals surface area contributed by atoms with Crippen molar-refractivity contribution in [2.45, 2.75) is 86.9 Å². The first kappa shape index (κ1) is 54.6. The Morgan fingerprint density at radius 1 is 0.283 bits per heavy atom. The molecule has 0 heterocycles. The number of hydrogen-bond acceptors (Lipinski definition) is 2. The lowest BCUT2D eigenvalue weighted by Gasteiger charge is -2.34. The standard InChI is InChI=1S/C90H72N2/c1-7-27-59(28-8-1)75-58-82(91-67-51-47-65(48-52-67)89(63-35-15-5-16-36-63)78-43-23-19-39-69(78)70-40-20-24-44-79(70)89)77-57-76(60-29-9-2-10-30-60)87-83(61-31-11-3-12-32-61)84(62-33-13-4-14-34-62)88(74-56-55-73(75)85(77)86(74)87)92-68-53-49-66(50-54-68)90(64-37-17-6-18-38-64)80-45-25-21-41-71(80)72-42-22-26-46-81(72)90/h2,4-6,9-10,13-26,29-30,33-59,61,91-92H,1,3,7-8,11-12,27-28,31-32H2. The van der Waals surface area contributed by atoms with E-state index in [2.05, 4.69) is 302 Å². The molecule has 0 atom stereocenters. The molecule has 2 N–H and O–H groups in total. The highest BCUT2D eigenvalue weighted by molar-refractivity contribution is 6.33. The lowest BCUT2D eigenvalue weighted by Crippen LogP contribution is -2.28. The lowest BCUT2D eigenvalue weighted by molar-refractivity contribution is 0.445. The third-order valence-corrected chi connectivity index (χ3v) is 21.9. The van der Waals surface area contributed by atoms with Crippen LogP contribution in [0.4, 0.5) is 22.7 Å². The van der Waals surface area contributed by atoms with Gasteiger partial charge in [0.15, 0.2) is 0 Å². The molecule has 2 heteroatoms. The van der Waals surface area contributed by atoms with Crippen LogP contribution in [0.15, 0.2) is 291 Å². The summed E-state index contributed by atoms with van der Waals surface area (Å²) in [6.45, 7) is 0. The fraction of sp³-hybridized carbons (Fsp3) is 0.156. The topological polar surface area (TPSA) is 24.1 Å². The van der Waals surface area contributed by atoms with Gasteiger partial charge in [0.25, 0.3) is 0 Å². The summed E-state index contributed by atoms with van der Waals surface area (Å²) in [6.07, 6.45) is 12.3. The first-order valence-corrected chi connectivity index (χ1v) is 33.9. The molecular weight excluding hydrogens is 1110 g/mol. The molecule has 4 aliphatic carbocycles. The molecule has 2 fully saturated rings. The fourth-order valence-corrected chi connectivity index (χ4v) is 18.1. The van der Waals surface area contributed by atoms with Crippen molar-refractivity contribution >= 4 is 55.1 Å². The molecule has 14 aromatic rings. The predicted octanol–water partition coefficient (Wildman–Crippen LogP) is 24.2. The zero-order chi connectivity index (χ0) is 60.7. The minimum absolute atomic E-state index is 0.369. The Morgan fingerprint density at radius 2 is 0.685 bits per heavy atom. The molecule has 92 heavy (non-hydrogen) atoms. The van der Waals surface area contributed by atoms with Crippen LogP contribution in [0.1, 0.15) is 132 Å². The third-order valence-electron chi connectivity index (χ3n) is 21.9. The highest BCUT2D eigenvalue weighted by Crippen LogP contribution is 2.60. The van der Waals surface area contributed by atoms with E-state index in [1.165, 1.54) is 195 Å². The number of anilines is 4. The summed E-state index contributed by atoms with van der Waals surface area (Å²) < 4.78 is 0. The summed E-state index contributed by atoms with van der Waals surface area (Å²) >= 11 is 0. The van der Waals surface area contributed by atoms with Crippen molar-refractivity contribution in [2.75, 3.05) is 10.6 Å². The molecule has 14 aromatic carbocycles. The van der Waals surface area contributed by atoms with Crippen molar-refractivity contribution in [2.24, 2.45) is 0 Å². The van der Waals surface area contributed by atoms with Crippen molar-refractivity contribution in [3.8, 4) is 44.5 Å². The number of fused-ring (bicyclic) bond motifs is 6. The second kappa shape index (κ2) is 22.3. The average Bonchev–Trinajstić information content (AvgIpc) is 1.11. The lowest BCUT2D eigenvalue weighted by atomic mass is 9.68. The zero-order valence-corrected chi connectivity index (χ0v) is 51.9.